The van der Waals surface area contributed by atoms with Gasteiger partial charge in [-0.2, -0.15) is 0 Å². The van der Waals surface area contributed by atoms with Crippen LogP contribution in [0.25, 0.3) is 0 Å². The Morgan fingerprint density at radius 3 is 2.87 bits per heavy atom. The molecule has 2 rings (SSSR count). The van der Waals surface area contributed by atoms with E-state index in [0.29, 0.717) is 6.42 Å². The summed E-state index contributed by atoms with van der Waals surface area (Å²) in [4.78, 5) is 16.8. The molecule has 1 fully saturated rings. The lowest BCUT2D eigenvalue weighted by Crippen LogP contribution is -2.37. The zero-order valence-electron chi connectivity index (χ0n) is 9.10. The van der Waals surface area contributed by atoms with Crippen LogP contribution in [0.15, 0.2) is 18.3 Å². The number of nitrogens with two attached hydrogens (primary N) is 1. The summed E-state index contributed by atoms with van der Waals surface area (Å²) in [5.74, 6) is 0.150. The molecule has 1 aliphatic heterocycles. The first-order valence-electron chi connectivity index (χ1n) is 5.31. The first kappa shape index (κ1) is 10.2. The molecule has 82 valence electrons. The van der Waals surface area contributed by atoms with Gasteiger partial charge in [-0.3, -0.25) is 4.79 Å². The maximum Gasteiger partial charge on any atom is 0.225 e. The Kier molecular flexibility index (Phi) is 2.52. The van der Waals surface area contributed by atoms with Crippen molar-refractivity contribution in [2.45, 2.75) is 38.4 Å². The molecular weight excluding hydrogens is 190 g/mol. The molecule has 2 heterocycles. The Morgan fingerprint density at radius 1 is 1.60 bits per heavy atom. The summed E-state index contributed by atoms with van der Waals surface area (Å²) in [6.45, 7) is 4.04. The van der Waals surface area contributed by atoms with Crippen LogP contribution in [-0.2, 0) is 4.79 Å². The maximum absolute atomic E-state index is 11.8. The van der Waals surface area contributed by atoms with E-state index in [4.69, 9.17) is 5.73 Å². The smallest absolute Gasteiger partial charge is 0.225 e. The lowest BCUT2D eigenvalue weighted by molar-refractivity contribution is -0.130. The van der Waals surface area contributed by atoms with Crippen LogP contribution >= 0.6 is 0 Å². The summed E-state index contributed by atoms with van der Waals surface area (Å²) in [6.07, 6.45) is 2.31. The fourth-order valence-electron chi connectivity index (χ4n) is 2.30. The molecule has 1 amide bonds. The zero-order valence-corrected chi connectivity index (χ0v) is 9.10. The van der Waals surface area contributed by atoms with E-state index in [9.17, 15) is 4.79 Å². The molecule has 2 atom stereocenters. The lowest BCUT2D eigenvalue weighted by atomic mass is 10.1. The van der Waals surface area contributed by atoms with Gasteiger partial charge >= 0.3 is 0 Å². The molecule has 0 aromatic carbocycles. The van der Waals surface area contributed by atoms with Gasteiger partial charge < -0.3 is 15.6 Å². The van der Waals surface area contributed by atoms with Crippen LogP contribution in [-0.4, -0.2) is 27.9 Å². The Bertz CT molecular complexity index is 345. The number of nitrogens with zero attached hydrogens (tertiary/aromatic N) is 1. The number of nitrogens with one attached hydrogen (secondary N) is 1. The highest BCUT2D eigenvalue weighted by Crippen LogP contribution is 2.32. The van der Waals surface area contributed by atoms with Crippen molar-refractivity contribution < 1.29 is 4.79 Å². The normalized spacial score (nSPS) is 26.7. The minimum atomic E-state index is -0.0986. The van der Waals surface area contributed by atoms with Crippen LogP contribution in [0.5, 0.6) is 0 Å². The van der Waals surface area contributed by atoms with Crippen molar-refractivity contribution in [3.05, 3.63) is 24.0 Å². The highest BCUT2D eigenvalue weighted by molar-refractivity contribution is 5.80. The van der Waals surface area contributed by atoms with E-state index in [1.54, 1.807) is 0 Å². The second kappa shape index (κ2) is 3.70. The topological polar surface area (TPSA) is 62.1 Å². The minimum absolute atomic E-state index is 0.00694. The molecule has 0 aliphatic carbocycles. The molecule has 3 N–H and O–H groups in total. The van der Waals surface area contributed by atoms with Crippen molar-refractivity contribution in [3.8, 4) is 0 Å². The Balaban J connectivity index is 2.32. The molecule has 1 aromatic heterocycles. The summed E-state index contributed by atoms with van der Waals surface area (Å²) >= 11 is 0. The van der Waals surface area contributed by atoms with Crippen LogP contribution in [0.4, 0.5) is 0 Å². The molecule has 1 saturated heterocycles. The first-order chi connectivity index (χ1) is 7.11. The highest BCUT2D eigenvalue weighted by Gasteiger charge is 2.40. The molecule has 0 spiro atoms. The quantitative estimate of drug-likeness (QED) is 0.760. The van der Waals surface area contributed by atoms with Crippen molar-refractivity contribution >= 4 is 5.91 Å². The van der Waals surface area contributed by atoms with Gasteiger partial charge in [0.25, 0.3) is 0 Å². The van der Waals surface area contributed by atoms with Crippen LogP contribution in [0, 0.1) is 0 Å². The van der Waals surface area contributed by atoms with Gasteiger partial charge in [-0.25, -0.2) is 0 Å². The molecule has 0 bridgehead atoms. The van der Waals surface area contributed by atoms with Crippen LogP contribution in [0.3, 0.4) is 0 Å². The van der Waals surface area contributed by atoms with Crippen molar-refractivity contribution in [2.24, 2.45) is 5.73 Å². The SMILES string of the molecule is CC(C)N1C(=O)C[C@H](N)[C@H]1c1ccc[nH]1. The standard InChI is InChI=1S/C11H17N3O/c1-7(2)14-10(15)6-8(12)11(14)9-4-3-5-13-9/h3-5,7-8,11,13H,6,12H2,1-2H3/t8-,11-/m0/s1. The van der Waals surface area contributed by atoms with E-state index >= 15 is 0 Å². The summed E-state index contributed by atoms with van der Waals surface area (Å²) in [7, 11) is 0. The largest absolute Gasteiger partial charge is 0.363 e. The van der Waals surface area contributed by atoms with Gasteiger partial charge in [-0.15, -0.1) is 0 Å². The van der Waals surface area contributed by atoms with Crippen LogP contribution in [0.2, 0.25) is 0 Å². The van der Waals surface area contributed by atoms with Gasteiger partial charge in [0.15, 0.2) is 0 Å². The summed E-state index contributed by atoms with van der Waals surface area (Å²) in [6, 6.07) is 4.02. The van der Waals surface area contributed by atoms with E-state index in [0.717, 1.165) is 5.69 Å². The summed E-state index contributed by atoms with van der Waals surface area (Å²) in [5.41, 5.74) is 7.04. The third-order valence-electron chi connectivity index (χ3n) is 2.90. The fourth-order valence-corrected chi connectivity index (χ4v) is 2.30. The minimum Gasteiger partial charge on any atom is -0.363 e. The molecular formula is C11H17N3O. The van der Waals surface area contributed by atoms with Crippen molar-refractivity contribution in [2.75, 3.05) is 0 Å². The summed E-state index contributed by atoms with van der Waals surface area (Å²) in [5, 5.41) is 0. The first-order valence-corrected chi connectivity index (χ1v) is 5.31. The lowest BCUT2D eigenvalue weighted by Gasteiger charge is -2.29. The number of aromatic amines is 1. The Hall–Kier alpha value is -1.29. The Morgan fingerprint density at radius 2 is 2.33 bits per heavy atom. The molecule has 1 aliphatic rings. The average Bonchev–Trinajstić information content (AvgIpc) is 2.71. The number of likely N-dealkylation sites (tertiary alicyclic amines) is 1. The number of rotatable bonds is 2. The number of aromatic nitrogens is 1. The van der Waals surface area contributed by atoms with E-state index in [1.165, 1.54) is 0 Å². The monoisotopic (exact) mass is 207 g/mol. The molecule has 0 saturated carbocycles. The van der Waals surface area contributed by atoms with Crippen molar-refractivity contribution in [1.82, 2.24) is 9.88 Å². The molecule has 4 nitrogen and oxygen atoms in total. The molecule has 1 aromatic rings. The van der Waals surface area contributed by atoms with E-state index in [-0.39, 0.29) is 24.0 Å². The summed E-state index contributed by atoms with van der Waals surface area (Å²) < 4.78 is 0. The zero-order chi connectivity index (χ0) is 11.0. The fraction of sp³-hybridized carbons (Fsp3) is 0.545. The van der Waals surface area contributed by atoms with Gasteiger partial charge in [0.2, 0.25) is 5.91 Å². The van der Waals surface area contributed by atoms with Crippen LogP contribution < -0.4 is 5.73 Å². The second-order valence-electron chi connectivity index (χ2n) is 4.33. The Labute approximate surface area is 89.5 Å². The van der Waals surface area contributed by atoms with Gasteiger partial charge in [0, 0.05) is 30.4 Å². The van der Waals surface area contributed by atoms with Gasteiger partial charge in [0.05, 0.1) is 6.04 Å². The van der Waals surface area contributed by atoms with Gasteiger partial charge in [-0.05, 0) is 26.0 Å². The van der Waals surface area contributed by atoms with Crippen molar-refractivity contribution in [3.63, 3.8) is 0 Å². The second-order valence-corrected chi connectivity index (χ2v) is 4.33. The third kappa shape index (κ3) is 1.65. The predicted octanol–water partition coefficient (Wildman–Crippen LogP) is 1.02. The number of hydrogen-bond donors (Lipinski definition) is 2. The van der Waals surface area contributed by atoms with Gasteiger partial charge in [0.1, 0.15) is 0 Å². The van der Waals surface area contributed by atoms with Crippen LogP contribution in [0.1, 0.15) is 32.0 Å². The van der Waals surface area contributed by atoms with E-state index < -0.39 is 0 Å². The molecule has 15 heavy (non-hydrogen) atoms. The predicted molar refractivity (Wildman–Crippen MR) is 58.1 cm³/mol. The van der Waals surface area contributed by atoms with Gasteiger partial charge in [-0.1, -0.05) is 0 Å². The molecule has 0 unspecified atom stereocenters. The van der Waals surface area contributed by atoms with E-state index in [1.807, 2.05) is 37.1 Å². The number of carbonyl (C=O) groups excluding carboxylic acids is 1. The number of H-pyrrole nitrogens is 1. The molecule has 0 radical (unpaired) electrons. The average molecular weight is 207 g/mol. The highest BCUT2D eigenvalue weighted by atomic mass is 16.2. The number of carbonyl (C=O) groups is 1. The van der Waals surface area contributed by atoms with Crippen molar-refractivity contribution in [1.29, 1.82) is 0 Å². The maximum atomic E-state index is 11.8. The third-order valence-corrected chi connectivity index (χ3v) is 2.90. The molecule has 4 heteroatoms. The van der Waals surface area contributed by atoms with E-state index in [2.05, 4.69) is 4.98 Å². The number of amides is 1. The number of hydrogen-bond acceptors (Lipinski definition) is 2.